The van der Waals surface area contributed by atoms with E-state index in [-0.39, 0.29) is 12.2 Å². The topological polar surface area (TPSA) is 29.5 Å². The first-order valence-electron chi connectivity index (χ1n) is 6.14. The number of hydrogen-bond donors (Lipinski definition) is 1. The van der Waals surface area contributed by atoms with Crippen molar-refractivity contribution in [3.05, 3.63) is 53.6 Å². The lowest BCUT2D eigenvalue weighted by Gasteiger charge is -2.35. The third kappa shape index (κ3) is 1.61. The molecule has 0 aliphatic carbocycles. The zero-order valence-corrected chi connectivity index (χ0v) is 10.6. The smallest absolute Gasteiger partial charge is 0.129 e. The molecule has 92 valence electrons. The van der Waals surface area contributed by atoms with Gasteiger partial charge in [-0.05, 0) is 37.1 Å². The zero-order chi connectivity index (χ0) is 12.8. The maximum atomic E-state index is 9.29. The van der Waals surface area contributed by atoms with Crippen molar-refractivity contribution in [2.45, 2.75) is 26.1 Å². The molecule has 2 aromatic carbocycles. The summed E-state index contributed by atoms with van der Waals surface area (Å²) in [5, 5.41) is 9.29. The monoisotopic (exact) mass is 240 g/mol. The SMILES string of the molecule is CC1(C)Oc2ccccc2-c2cc(CO)ccc21. The molecule has 0 atom stereocenters. The highest BCUT2D eigenvalue weighted by atomic mass is 16.5. The number of aliphatic hydroxyl groups excluding tert-OH is 1. The van der Waals surface area contributed by atoms with Gasteiger partial charge in [0, 0.05) is 11.1 Å². The molecule has 0 bridgehead atoms. The van der Waals surface area contributed by atoms with Crippen molar-refractivity contribution >= 4 is 0 Å². The third-order valence-electron chi connectivity index (χ3n) is 3.46. The van der Waals surface area contributed by atoms with Gasteiger partial charge < -0.3 is 9.84 Å². The van der Waals surface area contributed by atoms with E-state index in [4.69, 9.17) is 4.74 Å². The number of fused-ring (bicyclic) bond motifs is 3. The maximum Gasteiger partial charge on any atom is 0.129 e. The van der Waals surface area contributed by atoms with Crippen LogP contribution in [0.15, 0.2) is 42.5 Å². The summed E-state index contributed by atoms with van der Waals surface area (Å²) >= 11 is 0. The molecule has 1 aliphatic rings. The lowest BCUT2D eigenvalue weighted by molar-refractivity contribution is 0.105. The van der Waals surface area contributed by atoms with E-state index >= 15 is 0 Å². The number of benzene rings is 2. The van der Waals surface area contributed by atoms with Crippen molar-refractivity contribution in [2.75, 3.05) is 0 Å². The predicted molar refractivity (Wildman–Crippen MR) is 71.5 cm³/mol. The average Bonchev–Trinajstić information content (AvgIpc) is 2.37. The predicted octanol–water partition coefficient (Wildman–Crippen LogP) is 3.47. The lowest BCUT2D eigenvalue weighted by atomic mass is 9.85. The van der Waals surface area contributed by atoms with Gasteiger partial charge in [-0.25, -0.2) is 0 Å². The van der Waals surface area contributed by atoms with Gasteiger partial charge in [0.05, 0.1) is 6.61 Å². The maximum absolute atomic E-state index is 9.29. The van der Waals surface area contributed by atoms with Gasteiger partial charge in [-0.15, -0.1) is 0 Å². The first kappa shape index (κ1) is 11.3. The van der Waals surface area contributed by atoms with Gasteiger partial charge in [0.2, 0.25) is 0 Å². The number of rotatable bonds is 1. The fraction of sp³-hybridized carbons (Fsp3) is 0.250. The summed E-state index contributed by atoms with van der Waals surface area (Å²) in [5.41, 5.74) is 4.02. The molecule has 2 heteroatoms. The Hall–Kier alpha value is -1.80. The molecule has 0 radical (unpaired) electrons. The number of ether oxygens (including phenoxy) is 1. The Labute approximate surface area is 107 Å². The van der Waals surface area contributed by atoms with E-state index in [0.29, 0.717) is 0 Å². The van der Waals surface area contributed by atoms with E-state index in [0.717, 1.165) is 22.4 Å². The molecule has 2 aromatic rings. The van der Waals surface area contributed by atoms with Crippen LogP contribution in [0.3, 0.4) is 0 Å². The van der Waals surface area contributed by atoms with Gasteiger partial charge in [-0.3, -0.25) is 0 Å². The van der Waals surface area contributed by atoms with Gasteiger partial charge >= 0.3 is 0 Å². The van der Waals surface area contributed by atoms with Crippen molar-refractivity contribution in [1.29, 1.82) is 0 Å². The molecule has 2 nitrogen and oxygen atoms in total. The second-order valence-electron chi connectivity index (χ2n) is 5.15. The Morgan fingerprint density at radius 1 is 1.06 bits per heavy atom. The molecule has 1 aliphatic heterocycles. The zero-order valence-electron chi connectivity index (χ0n) is 10.6. The average molecular weight is 240 g/mol. The van der Waals surface area contributed by atoms with Crippen LogP contribution < -0.4 is 4.74 Å². The van der Waals surface area contributed by atoms with E-state index in [1.807, 2.05) is 24.3 Å². The van der Waals surface area contributed by atoms with E-state index in [1.165, 1.54) is 5.56 Å². The molecule has 0 saturated heterocycles. The highest BCUT2D eigenvalue weighted by molar-refractivity contribution is 5.76. The Balaban J connectivity index is 2.29. The van der Waals surface area contributed by atoms with Crippen LogP contribution in [-0.2, 0) is 12.2 Å². The molecule has 0 aromatic heterocycles. The van der Waals surface area contributed by atoms with Gasteiger partial charge in [0.25, 0.3) is 0 Å². The molecule has 18 heavy (non-hydrogen) atoms. The first-order chi connectivity index (χ1) is 8.62. The molecule has 3 rings (SSSR count). The van der Waals surface area contributed by atoms with E-state index < -0.39 is 0 Å². The summed E-state index contributed by atoms with van der Waals surface area (Å²) in [6, 6.07) is 14.1. The van der Waals surface area contributed by atoms with Crippen LogP contribution in [-0.4, -0.2) is 5.11 Å². The van der Waals surface area contributed by atoms with Crippen molar-refractivity contribution < 1.29 is 9.84 Å². The minimum absolute atomic E-state index is 0.0662. The van der Waals surface area contributed by atoms with E-state index in [2.05, 4.69) is 32.0 Å². The Morgan fingerprint density at radius 3 is 2.61 bits per heavy atom. The van der Waals surface area contributed by atoms with Crippen LogP contribution in [0.2, 0.25) is 0 Å². The quantitative estimate of drug-likeness (QED) is 0.827. The van der Waals surface area contributed by atoms with Gasteiger partial charge in [0.15, 0.2) is 0 Å². The van der Waals surface area contributed by atoms with Gasteiger partial charge in [-0.1, -0.05) is 30.3 Å². The first-order valence-corrected chi connectivity index (χ1v) is 6.14. The van der Waals surface area contributed by atoms with Crippen LogP contribution >= 0.6 is 0 Å². The van der Waals surface area contributed by atoms with Crippen molar-refractivity contribution in [3.63, 3.8) is 0 Å². The second kappa shape index (κ2) is 3.85. The standard InChI is InChI=1S/C16H16O2/c1-16(2)14-8-7-11(10-17)9-13(14)12-5-3-4-6-15(12)18-16/h3-9,17H,10H2,1-2H3. The van der Waals surface area contributed by atoms with Crippen LogP contribution in [0.25, 0.3) is 11.1 Å². The molecule has 0 unspecified atom stereocenters. The van der Waals surface area contributed by atoms with Crippen LogP contribution in [0.1, 0.15) is 25.0 Å². The number of aliphatic hydroxyl groups is 1. The van der Waals surface area contributed by atoms with Crippen molar-refractivity contribution in [1.82, 2.24) is 0 Å². The fourth-order valence-corrected chi connectivity index (χ4v) is 2.55. The van der Waals surface area contributed by atoms with Crippen LogP contribution in [0.4, 0.5) is 0 Å². The molecular weight excluding hydrogens is 224 g/mol. The number of para-hydroxylation sites is 1. The Kier molecular flexibility index (Phi) is 2.42. The van der Waals surface area contributed by atoms with E-state index in [9.17, 15) is 5.11 Å². The largest absolute Gasteiger partial charge is 0.482 e. The third-order valence-corrected chi connectivity index (χ3v) is 3.46. The summed E-state index contributed by atoms with van der Waals surface area (Å²) in [5.74, 6) is 0.907. The molecule has 1 heterocycles. The van der Waals surface area contributed by atoms with Crippen LogP contribution in [0, 0.1) is 0 Å². The normalized spacial score (nSPS) is 15.5. The highest BCUT2D eigenvalue weighted by Gasteiger charge is 2.32. The Morgan fingerprint density at radius 2 is 1.83 bits per heavy atom. The second-order valence-corrected chi connectivity index (χ2v) is 5.15. The number of hydrogen-bond acceptors (Lipinski definition) is 2. The Bertz CT molecular complexity index is 600. The summed E-state index contributed by atoms with van der Waals surface area (Å²) in [4.78, 5) is 0. The summed E-state index contributed by atoms with van der Waals surface area (Å²) < 4.78 is 6.06. The molecule has 0 spiro atoms. The summed E-state index contributed by atoms with van der Waals surface area (Å²) in [6.45, 7) is 4.21. The minimum Gasteiger partial charge on any atom is -0.482 e. The van der Waals surface area contributed by atoms with Crippen molar-refractivity contribution in [3.8, 4) is 16.9 Å². The molecule has 0 saturated carbocycles. The summed E-state index contributed by atoms with van der Waals surface area (Å²) in [6.07, 6.45) is 0. The minimum atomic E-state index is -0.336. The van der Waals surface area contributed by atoms with Crippen LogP contribution in [0.5, 0.6) is 5.75 Å². The highest BCUT2D eigenvalue weighted by Crippen LogP contribution is 2.45. The summed E-state index contributed by atoms with van der Waals surface area (Å²) in [7, 11) is 0. The van der Waals surface area contributed by atoms with Gasteiger partial charge in [0.1, 0.15) is 11.4 Å². The van der Waals surface area contributed by atoms with Crippen molar-refractivity contribution in [2.24, 2.45) is 0 Å². The molecule has 0 amide bonds. The van der Waals surface area contributed by atoms with Gasteiger partial charge in [-0.2, -0.15) is 0 Å². The molecular formula is C16H16O2. The molecule has 0 fully saturated rings. The fourth-order valence-electron chi connectivity index (χ4n) is 2.55. The lowest BCUT2D eigenvalue weighted by Crippen LogP contribution is -2.29. The molecule has 1 N–H and O–H groups in total. The van der Waals surface area contributed by atoms with E-state index in [1.54, 1.807) is 0 Å².